The van der Waals surface area contributed by atoms with Gasteiger partial charge in [0.05, 0.1) is 29.5 Å². The lowest BCUT2D eigenvalue weighted by Gasteiger charge is -2.29. The molecule has 1 heterocycles. The third kappa shape index (κ3) is 4.77. The van der Waals surface area contributed by atoms with E-state index in [4.69, 9.17) is 9.72 Å². The maximum atomic E-state index is 13.3. The average Bonchev–Trinajstić information content (AvgIpc) is 2.79. The van der Waals surface area contributed by atoms with Crippen LogP contribution in [0.25, 0.3) is 16.6 Å². The SMILES string of the molecule is COc1ccc(-n2c(SCC(=O)N[C@@H]3CCCC[C@H]3C)nc3ccccc3c2=O)cc1. The van der Waals surface area contributed by atoms with Crippen molar-refractivity contribution in [3.05, 3.63) is 58.9 Å². The molecule has 0 spiro atoms. The van der Waals surface area contributed by atoms with Gasteiger partial charge in [-0.25, -0.2) is 4.98 Å². The molecule has 0 radical (unpaired) electrons. The van der Waals surface area contributed by atoms with E-state index in [1.807, 2.05) is 42.5 Å². The first-order valence-electron chi connectivity index (χ1n) is 10.6. The molecule has 2 aromatic carbocycles. The van der Waals surface area contributed by atoms with Crippen LogP contribution in [0.1, 0.15) is 32.6 Å². The molecular formula is C24H27N3O3S. The van der Waals surface area contributed by atoms with Gasteiger partial charge in [0, 0.05) is 6.04 Å². The molecule has 0 bridgehead atoms. The zero-order chi connectivity index (χ0) is 21.8. The van der Waals surface area contributed by atoms with Crippen molar-refractivity contribution in [1.29, 1.82) is 0 Å². The fraction of sp³-hybridized carbons (Fsp3) is 0.375. The molecule has 6 nitrogen and oxygen atoms in total. The van der Waals surface area contributed by atoms with Crippen LogP contribution in [0, 0.1) is 5.92 Å². The van der Waals surface area contributed by atoms with Gasteiger partial charge in [0.15, 0.2) is 5.16 Å². The molecule has 0 aliphatic heterocycles. The number of carbonyl (C=O) groups excluding carboxylic acids is 1. The van der Waals surface area contributed by atoms with E-state index in [-0.39, 0.29) is 23.3 Å². The van der Waals surface area contributed by atoms with Gasteiger partial charge in [0.25, 0.3) is 5.56 Å². The van der Waals surface area contributed by atoms with Crippen LogP contribution < -0.4 is 15.6 Å². The molecule has 4 rings (SSSR count). The maximum Gasteiger partial charge on any atom is 0.266 e. The van der Waals surface area contributed by atoms with E-state index in [1.165, 1.54) is 18.2 Å². The van der Waals surface area contributed by atoms with Crippen molar-refractivity contribution in [1.82, 2.24) is 14.9 Å². The predicted molar refractivity (Wildman–Crippen MR) is 124 cm³/mol. The van der Waals surface area contributed by atoms with Crippen molar-refractivity contribution in [2.24, 2.45) is 5.92 Å². The Hall–Kier alpha value is -2.80. The number of nitrogens with zero attached hydrogens (tertiary/aromatic N) is 2. The standard InChI is InChI=1S/C24H27N3O3S/c1-16-7-3-5-9-20(16)25-22(28)15-31-24-26-21-10-6-4-8-19(21)23(29)27(24)17-11-13-18(30-2)14-12-17/h4,6,8,10-14,16,20H,3,5,7,9,15H2,1-2H3,(H,25,28)/t16-,20-/m1/s1. The van der Waals surface area contributed by atoms with Crippen LogP contribution in [-0.2, 0) is 4.79 Å². The molecule has 0 saturated heterocycles. The molecule has 1 aliphatic carbocycles. The summed E-state index contributed by atoms with van der Waals surface area (Å²) in [6.45, 7) is 2.20. The highest BCUT2D eigenvalue weighted by atomic mass is 32.2. The molecule has 1 aromatic heterocycles. The van der Waals surface area contributed by atoms with Crippen LogP contribution in [0.15, 0.2) is 58.5 Å². The van der Waals surface area contributed by atoms with Crippen molar-refractivity contribution in [3.8, 4) is 11.4 Å². The number of nitrogens with one attached hydrogen (secondary N) is 1. The molecular weight excluding hydrogens is 410 g/mol. The number of fused-ring (bicyclic) bond motifs is 1. The molecule has 1 aliphatic rings. The Morgan fingerprint density at radius 1 is 1.16 bits per heavy atom. The summed E-state index contributed by atoms with van der Waals surface area (Å²) in [5.74, 6) is 1.40. The van der Waals surface area contributed by atoms with Crippen LogP contribution in [-0.4, -0.2) is 34.4 Å². The Labute approximate surface area is 186 Å². The summed E-state index contributed by atoms with van der Waals surface area (Å²) >= 11 is 1.29. The minimum atomic E-state index is -0.153. The van der Waals surface area contributed by atoms with Gasteiger partial charge in [0.1, 0.15) is 5.75 Å². The lowest BCUT2D eigenvalue weighted by Crippen LogP contribution is -2.41. The molecule has 31 heavy (non-hydrogen) atoms. The number of hydrogen-bond acceptors (Lipinski definition) is 5. The van der Waals surface area contributed by atoms with Gasteiger partial charge in [-0.3, -0.25) is 14.2 Å². The first kappa shape index (κ1) is 21.4. The number of rotatable bonds is 6. The maximum absolute atomic E-state index is 13.3. The Morgan fingerprint density at radius 2 is 1.90 bits per heavy atom. The number of carbonyl (C=O) groups is 1. The first-order chi connectivity index (χ1) is 15.1. The van der Waals surface area contributed by atoms with E-state index in [9.17, 15) is 9.59 Å². The summed E-state index contributed by atoms with van der Waals surface area (Å²) in [5, 5.41) is 4.22. The third-order valence-electron chi connectivity index (χ3n) is 5.87. The van der Waals surface area contributed by atoms with Crippen molar-refractivity contribution >= 4 is 28.6 Å². The van der Waals surface area contributed by atoms with Gasteiger partial charge in [-0.2, -0.15) is 0 Å². The van der Waals surface area contributed by atoms with Gasteiger partial charge in [-0.1, -0.05) is 43.7 Å². The van der Waals surface area contributed by atoms with Crippen LogP contribution in [0.4, 0.5) is 0 Å². The van der Waals surface area contributed by atoms with Crippen LogP contribution in [0.3, 0.4) is 0 Å². The molecule has 1 amide bonds. The zero-order valence-electron chi connectivity index (χ0n) is 17.8. The quantitative estimate of drug-likeness (QED) is 0.463. The summed E-state index contributed by atoms with van der Waals surface area (Å²) in [7, 11) is 1.60. The highest BCUT2D eigenvalue weighted by Crippen LogP contribution is 2.25. The second-order valence-corrected chi connectivity index (χ2v) is 8.92. The molecule has 162 valence electrons. The number of methoxy groups -OCH3 is 1. The second kappa shape index (κ2) is 9.56. The van der Waals surface area contributed by atoms with E-state index in [0.29, 0.717) is 33.4 Å². The zero-order valence-corrected chi connectivity index (χ0v) is 18.7. The molecule has 0 unspecified atom stereocenters. The van der Waals surface area contributed by atoms with Gasteiger partial charge >= 0.3 is 0 Å². The number of hydrogen-bond donors (Lipinski definition) is 1. The highest BCUT2D eigenvalue weighted by Gasteiger charge is 2.23. The van der Waals surface area contributed by atoms with Gasteiger partial charge in [-0.05, 0) is 55.2 Å². The number of ether oxygens (including phenoxy) is 1. The summed E-state index contributed by atoms with van der Waals surface area (Å²) in [6, 6.07) is 14.8. The number of thioether (sulfide) groups is 1. The van der Waals surface area contributed by atoms with Gasteiger partial charge in [0.2, 0.25) is 5.91 Å². The van der Waals surface area contributed by atoms with Gasteiger partial charge in [-0.15, -0.1) is 0 Å². The van der Waals surface area contributed by atoms with E-state index in [2.05, 4.69) is 12.2 Å². The Morgan fingerprint density at radius 3 is 2.65 bits per heavy atom. The van der Waals surface area contributed by atoms with E-state index >= 15 is 0 Å². The summed E-state index contributed by atoms with van der Waals surface area (Å²) in [5.41, 5.74) is 1.16. The van der Waals surface area contributed by atoms with Crippen LogP contribution in [0.5, 0.6) is 5.75 Å². The Bertz CT molecular complexity index is 1130. The van der Waals surface area contributed by atoms with Crippen LogP contribution in [0.2, 0.25) is 0 Å². The number of amides is 1. The third-order valence-corrected chi connectivity index (χ3v) is 6.80. The van der Waals surface area contributed by atoms with Crippen molar-refractivity contribution in [2.45, 2.75) is 43.8 Å². The van der Waals surface area contributed by atoms with Crippen LogP contribution >= 0.6 is 11.8 Å². The number of aromatic nitrogens is 2. The lowest BCUT2D eigenvalue weighted by molar-refractivity contribution is -0.119. The fourth-order valence-corrected chi connectivity index (χ4v) is 4.90. The minimum absolute atomic E-state index is 0.0209. The smallest absolute Gasteiger partial charge is 0.266 e. The van der Waals surface area contributed by atoms with E-state index in [1.54, 1.807) is 17.7 Å². The molecule has 1 fully saturated rings. The van der Waals surface area contributed by atoms with Crippen molar-refractivity contribution in [2.75, 3.05) is 12.9 Å². The molecule has 7 heteroatoms. The van der Waals surface area contributed by atoms with E-state index in [0.717, 1.165) is 19.3 Å². The monoisotopic (exact) mass is 437 g/mol. The molecule has 2 atom stereocenters. The predicted octanol–water partition coefficient (Wildman–Crippen LogP) is 4.18. The normalized spacial score (nSPS) is 18.6. The summed E-state index contributed by atoms with van der Waals surface area (Å²) in [6.07, 6.45) is 4.58. The fourth-order valence-electron chi connectivity index (χ4n) is 4.08. The highest BCUT2D eigenvalue weighted by molar-refractivity contribution is 7.99. The average molecular weight is 438 g/mol. The second-order valence-electron chi connectivity index (χ2n) is 7.97. The Balaban J connectivity index is 1.62. The van der Waals surface area contributed by atoms with E-state index < -0.39 is 0 Å². The topological polar surface area (TPSA) is 73.2 Å². The molecule has 1 N–H and O–H groups in total. The lowest BCUT2D eigenvalue weighted by atomic mass is 9.86. The van der Waals surface area contributed by atoms with Crippen molar-refractivity contribution < 1.29 is 9.53 Å². The van der Waals surface area contributed by atoms with Gasteiger partial charge < -0.3 is 10.1 Å². The Kier molecular flexibility index (Phi) is 6.61. The number of benzene rings is 2. The molecule has 3 aromatic rings. The summed E-state index contributed by atoms with van der Waals surface area (Å²) < 4.78 is 6.81. The number of para-hydroxylation sites is 1. The largest absolute Gasteiger partial charge is 0.497 e. The molecule has 1 saturated carbocycles. The first-order valence-corrected chi connectivity index (χ1v) is 11.6. The summed E-state index contributed by atoms with van der Waals surface area (Å²) in [4.78, 5) is 30.6. The minimum Gasteiger partial charge on any atom is -0.497 e. The van der Waals surface area contributed by atoms with Crippen molar-refractivity contribution in [3.63, 3.8) is 0 Å².